The van der Waals surface area contributed by atoms with Crippen LogP contribution in [0.5, 0.6) is 0 Å². The highest BCUT2D eigenvalue weighted by molar-refractivity contribution is 8.00. The van der Waals surface area contributed by atoms with E-state index < -0.39 is 0 Å². The Bertz CT molecular complexity index is 361. The van der Waals surface area contributed by atoms with Crippen molar-refractivity contribution < 1.29 is 4.79 Å². The molecule has 0 bridgehead atoms. The first-order valence-electron chi connectivity index (χ1n) is 6.41. The van der Waals surface area contributed by atoms with Gasteiger partial charge in [0.1, 0.15) is 0 Å². The zero-order valence-electron chi connectivity index (χ0n) is 10.6. The van der Waals surface area contributed by atoms with Crippen molar-refractivity contribution in [2.24, 2.45) is 0 Å². The number of carbonyl (C=O) groups is 1. The molecule has 1 aliphatic heterocycles. The molecule has 0 spiro atoms. The van der Waals surface area contributed by atoms with Gasteiger partial charge in [-0.25, -0.2) is 0 Å². The highest BCUT2D eigenvalue weighted by Gasteiger charge is 2.16. The number of hydrogen-bond donors (Lipinski definition) is 2. The first-order chi connectivity index (χ1) is 8.75. The van der Waals surface area contributed by atoms with Crippen LogP contribution in [0, 0.1) is 0 Å². The minimum absolute atomic E-state index is 0.131. The summed E-state index contributed by atoms with van der Waals surface area (Å²) in [5.41, 5.74) is 0. The lowest BCUT2D eigenvalue weighted by Gasteiger charge is -2.22. The van der Waals surface area contributed by atoms with Gasteiger partial charge in [0.15, 0.2) is 0 Å². The molecule has 1 aromatic heterocycles. The average molecular weight is 284 g/mol. The SMILES string of the molecule is C[C@@H](NC(=O)CSC1CCNCC1)c1cccs1. The minimum Gasteiger partial charge on any atom is -0.348 e. The van der Waals surface area contributed by atoms with Gasteiger partial charge in [-0.05, 0) is 44.3 Å². The molecule has 0 aromatic carbocycles. The highest BCUT2D eigenvalue weighted by Crippen LogP contribution is 2.21. The van der Waals surface area contributed by atoms with E-state index in [1.165, 1.54) is 17.7 Å². The van der Waals surface area contributed by atoms with Crippen LogP contribution in [-0.2, 0) is 4.79 Å². The molecular formula is C13H20N2OS2. The van der Waals surface area contributed by atoms with Gasteiger partial charge in [0.05, 0.1) is 11.8 Å². The van der Waals surface area contributed by atoms with Crippen LogP contribution in [0.4, 0.5) is 0 Å². The zero-order chi connectivity index (χ0) is 12.8. The van der Waals surface area contributed by atoms with Gasteiger partial charge in [-0.1, -0.05) is 6.07 Å². The first-order valence-corrected chi connectivity index (χ1v) is 8.33. The molecule has 1 saturated heterocycles. The van der Waals surface area contributed by atoms with E-state index in [0.717, 1.165) is 13.1 Å². The Hall–Kier alpha value is -0.520. The smallest absolute Gasteiger partial charge is 0.230 e. The van der Waals surface area contributed by atoms with E-state index in [1.807, 2.05) is 18.4 Å². The summed E-state index contributed by atoms with van der Waals surface area (Å²) in [7, 11) is 0. The Labute approximate surface area is 117 Å². The lowest BCUT2D eigenvalue weighted by molar-refractivity contribution is -0.119. The van der Waals surface area contributed by atoms with Gasteiger partial charge in [0, 0.05) is 10.1 Å². The molecule has 1 atom stereocenters. The molecule has 1 amide bonds. The summed E-state index contributed by atoms with van der Waals surface area (Å²) in [6, 6.07) is 4.22. The van der Waals surface area contributed by atoms with Crippen LogP contribution in [-0.4, -0.2) is 30.0 Å². The Morgan fingerprint density at radius 3 is 3.06 bits per heavy atom. The molecule has 0 saturated carbocycles. The second-order valence-electron chi connectivity index (χ2n) is 4.56. The van der Waals surface area contributed by atoms with E-state index >= 15 is 0 Å². The normalized spacial score (nSPS) is 18.5. The molecule has 0 unspecified atom stereocenters. The molecule has 3 nitrogen and oxygen atoms in total. The van der Waals surface area contributed by atoms with Crippen molar-refractivity contribution in [2.45, 2.75) is 31.1 Å². The Morgan fingerprint density at radius 1 is 1.61 bits per heavy atom. The number of rotatable bonds is 5. The average Bonchev–Trinajstić information content (AvgIpc) is 2.91. The third-order valence-corrected chi connectivity index (χ3v) is 5.51. The van der Waals surface area contributed by atoms with Gasteiger partial charge in [0.2, 0.25) is 5.91 Å². The van der Waals surface area contributed by atoms with Gasteiger partial charge in [-0.3, -0.25) is 4.79 Å². The number of hydrogen-bond acceptors (Lipinski definition) is 4. The number of thioether (sulfide) groups is 1. The fraction of sp³-hybridized carbons (Fsp3) is 0.615. The fourth-order valence-electron chi connectivity index (χ4n) is 2.05. The summed E-state index contributed by atoms with van der Waals surface area (Å²) >= 11 is 3.49. The van der Waals surface area contributed by atoms with Crippen molar-refractivity contribution in [2.75, 3.05) is 18.8 Å². The quantitative estimate of drug-likeness (QED) is 0.872. The summed E-state index contributed by atoms with van der Waals surface area (Å²) in [5.74, 6) is 0.736. The molecule has 1 fully saturated rings. The number of nitrogens with one attached hydrogen (secondary N) is 2. The predicted octanol–water partition coefficient (Wildman–Crippen LogP) is 2.41. The van der Waals surface area contributed by atoms with E-state index in [1.54, 1.807) is 23.1 Å². The standard InChI is InChI=1S/C13H20N2OS2/c1-10(12-3-2-8-17-12)15-13(16)9-18-11-4-6-14-7-5-11/h2-3,8,10-11,14H,4-7,9H2,1H3,(H,15,16)/t10-/m1/s1. The van der Waals surface area contributed by atoms with Crippen LogP contribution in [0.2, 0.25) is 0 Å². The van der Waals surface area contributed by atoms with Gasteiger partial charge in [-0.15, -0.1) is 23.1 Å². The molecule has 2 rings (SSSR count). The highest BCUT2D eigenvalue weighted by atomic mass is 32.2. The van der Waals surface area contributed by atoms with Crippen LogP contribution in [0.3, 0.4) is 0 Å². The Kier molecular flexibility index (Phi) is 5.53. The lowest BCUT2D eigenvalue weighted by atomic mass is 10.2. The largest absolute Gasteiger partial charge is 0.348 e. The minimum atomic E-state index is 0.131. The Balaban J connectivity index is 1.68. The molecule has 0 aliphatic carbocycles. The van der Waals surface area contributed by atoms with E-state index in [0.29, 0.717) is 11.0 Å². The van der Waals surface area contributed by atoms with Crippen LogP contribution < -0.4 is 10.6 Å². The molecule has 1 aromatic rings. The van der Waals surface area contributed by atoms with E-state index in [2.05, 4.69) is 16.7 Å². The third-order valence-electron chi connectivity index (χ3n) is 3.08. The molecule has 5 heteroatoms. The summed E-state index contributed by atoms with van der Waals surface area (Å²) in [4.78, 5) is 13.1. The third kappa shape index (κ3) is 4.30. The van der Waals surface area contributed by atoms with E-state index in [4.69, 9.17) is 0 Å². The molecule has 18 heavy (non-hydrogen) atoms. The van der Waals surface area contributed by atoms with Crippen LogP contribution in [0.1, 0.15) is 30.7 Å². The number of carbonyl (C=O) groups excluding carboxylic acids is 1. The maximum Gasteiger partial charge on any atom is 0.230 e. The lowest BCUT2D eigenvalue weighted by Crippen LogP contribution is -2.32. The topological polar surface area (TPSA) is 41.1 Å². The van der Waals surface area contributed by atoms with Gasteiger partial charge in [0.25, 0.3) is 0 Å². The molecule has 1 aliphatic rings. The second kappa shape index (κ2) is 7.16. The Morgan fingerprint density at radius 2 is 2.39 bits per heavy atom. The zero-order valence-corrected chi connectivity index (χ0v) is 12.3. The first kappa shape index (κ1) is 13.9. The van der Waals surface area contributed by atoms with Crippen molar-refractivity contribution in [3.8, 4) is 0 Å². The second-order valence-corrected chi connectivity index (χ2v) is 6.83. The van der Waals surface area contributed by atoms with Crippen molar-refractivity contribution in [1.29, 1.82) is 0 Å². The van der Waals surface area contributed by atoms with Gasteiger partial charge in [-0.2, -0.15) is 0 Å². The number of amides is 1. The van der Waals surface area contributed by atoms with E-state index in [-0.39, 0.29) is 11.9 Å². The number of thiophene rings is 1. The summed E-state index contributed by atoms with van der Waals surface area (Å²) < 4.78 is 0. The fourth-order valence-corrected chi connectivity index (χ4v) is 3.82. The molecule has 2 heterocycles. The van der Waals surface area contributed by atoms with Crippen LogP contribution >= 0.6 is 23.1 Å². The van der Waals surface area contributed by atoms with Crippen LogP contribution in [0.25, 0.3) is 0 Å². The maximum absolute atomic E-state index is 11.8. The van der Waals surface area contributed by atoms with Gasteiger partial charge >= 0.3 is 0 Å². The van der Waals surface area contributed by atoms with Crippen molar-refractivity contribution >= 4 is 29.0 Å². The summed E-state index contributed by atoms with van der Waals surface area (Å²) in [6.45, 7) is 4.22. The maximum atomic E-state index is 11.8. The molecule has 2 N–H and O–H groups in total. The van der Waals surface area contributed by atoms with Crippen LogP contribution in [0.15, 0.2) is 17.5 Å². The predicted molar refractivity (Wildman–Crippen MR) is 79.2 cm³/mol. The number of piperidine rings is 1. The molecule has 0 radical (unpaired) electrons. The van der Waals surface area contributed by atoms with E-state index in [9.17, 15) is 4.79 Å². The van der Waals surface area contributed by atoms with Crippen molar-refractivity contribution in [1.82, 2.24) is 10.6 Å². The van der Waals surface area contributed by atoms with Gasteiger partial charge < -0.3 is 10.6 Å². The summed E-state index contributed by atoms with van der Waals surface area (Å²) in [5, 5.41) is 9.09. The monoisotopic (exact) mass is 284 g/mol. The molecule has 100 valence electrons. The van der Waals surface area contributed by atoms with Crippen molar-refractivity contribution in [3.05, 3.63) is 22.4 Å². The summed E-state index contributed by atoms with van der Waals surface area (Å²) in [6.07, 6.45) is 2.36. The van der Waals surface area contributed by atoms with Crippen molar-refractivity contribution in [3.63, 3.8) is 0 Å². The molecular weight excluding hydrogens is 264 g/mol.